The lowest BCUT2D eigenvalue weighted by molar-refractivity contribution is -0.392. The molecule has 0 aromatic carbocycles. The van der Waals surface area contributed by atoms with Gasteiger partial charge >= 0.3 is 5.97 Å². The first-order valence-electron chi connectivity index (χ1n) is 22.1. The SMILES string of the molecule is C=C1C[C@@]23CC[C@H]4[C@@](C)(CCC[C@@]4(C)C(=O)O[C@@H]4OC[C@H](O)[C@H](O)[C@H]4O)[C@@H]2CC[C@]1(O[C@@H]1O[C@H](CO)[C@@H](O)[C@H](O[C@@H]2O[C@H](CO)[C@@H](O)[C@H](O)[C@H]2O)[C@H]1O[C@@H]1OC[C@@H](O)C[C@H]1O)C3. The van der Waals surface area contributed by atoms with E-state index in [-0.39, 0.29) is 42.3 Å². The summed E-state index contributed by atoms with van der Waals surface area (Å²) >= 11 is 0. The zero-order chi connectivity index (χ0) is 44.7. The molecule has 8 aliphatic rings. The highest BCUT2D eigenvalue weighted by Crippen LogP contribution is 2.73. The summed E-state index contributed by atoms with van der Waals surface area (Å²) in [6.45, 7) is 6.74. The Bertz CT molecular complexity index is 1620. The maximum atomic E-state index is 14.1. The molecule has 11 N–H and O–H groups in total. The van der Waals surface area contributed by atoms with Gasteiger partial charge in [0.2, 0.25) is 6.29 Å². The van der Waals surface area contributed by atoms with Crippen molar-refractivity contribution < 1.29 is 98.9 Å². The lowest BCUT2D eigenvalue weighted by atomic mass is 9.41. The van der Waals surface area contributed by atoms with Crippen molar-refractivity contribution in [2.75, 3.05) is 26.4 Å². The largest absolute Gasteiger partial charge is 0.432 e. The second kappa shape index (κ2) is 17.6. The zero-order valence-corrected chi connectivity index (χ0v) is 35.2. The quantitative estimate of drug-likeness (QED) is 0.0599. The van der Waals surface area contributed by atoms with E-state index in [1.54, 1.807) is 0 Å². The maximum absolute atomic E-state index is 14.1. The van der Waals surface area contributed by atoms with Crippen molar-refractivity contribution in [2.45, 2.75) is 188 Å². The average Bonchev–Trinajstić information content (AvgIpc) is 3.43. The highest BCUT2D eigenvalue weighted by atomic mass is 16.8. The first-order chi connectivity index (χ1) is 29.3. The molecule has 62 heavy (non-hydrogen) atoms. The highest BCUT2D eigenvalue weighted by molar-refractivity contribution is 5.77. The summed E-state index contributed by atoms with van der Waals surface area (Å²) in [5, 5.41) is 116. The predicted octanol–water partition coefficient (Wildman–Crippen LogP) is -2.81. The van der Waals surface area contributed by atoms with E-state index >= 15 is 0 Å². The van der Waals surface area contributed by atoms with Gasteiger partial charge in [-0.05, 0) is 86.5 Å². The Morgan fingerprint density at radius 3 is 2.05 bits per heavy atom. The highest BCUT2D eigenvalue weighted by Gasteiger charge is 2.69. The van der Waals surface area contributed by atoms with Gasteiger partial charge in [-0.2, -0.15) is 0 Å². The van der Waals surface area contributed by atoms with E-state index in [0.29, 0.717) is 38.5 Å². The number of carbonyl (C=O) groups is 1. The summed E-state index contributed by atoms with van der Waals surface area (Å²) in [6, 6.07) is 0. The molecular weight excluding hydrogens is 824 g/mol. The Morgan fingerprint density at radius 2 is 1.34 bits per heavy atom. The van der Waals surface area contributed by atoms with Crippen molar-refractivity contribution in [2.24, 2.45) is 28.1 Å². The van der Waals surface area contributed by atoms with Crippen LogP contribution in [0.5, 0.6) is 0 Å². The van der Waals surface area contributed by atoms with E-state index in [1.165, 1.54) is 0 Å². The number of hydrogen-bond donors (Lipinski definition) is 11. The Balaban J connectivity index is 1.05. The third-order valence-electron chi connectivity index (χ3n) is 16.1. The number of esters is 1. The molecule has 4 heterocycles. The molecular formula is C42H66O20. The van der Waals surface area contributed by atoms with Crippen molar-refractivity contribution in [1.82, 2.24) is 0 Å². The number of aliphatic hydroxyl groups excluding tert-OH is 11. The van der Waals surface area contributed by atoms with E-state index in [2.05, 4.69) is 13.5 Å². The van der Waals surface area contributed by atoms with Crippen molar-refractivity contribution in [3.8, 4) is 0 Å². The summed E-state index contributed by atoms with van der Waals surface area (Å²) < 4.78 is 48.3. The number of hydrogen-bond acceptors (Lipinski definition) is 20. The minimum absolute atomic E-state index is 0.0996. The summed E-state index contributed by atoms with van der Waals surface area (Å²) in [4.78, 5) is 14.1. The van der Waals surface area contributed by atoms with Crippen molar-refractivity contribution in [3.63, 3.8) is 0 Å². The molecule has 20 nitrogen and oxygen atoms in total. The molecule has 4 saturated heterocycles. The summed E-state index contributed by atoms with van der Waals surface area (Å²) in [5.41, 5.74) is -1.79. The minimum atomic E-state index is -1.86. The second-order valence-electron chi connectivity index (χ2n) is 19.8. The van der Waals surface area contributed by atoms with Crippen molar-refractivity contribution in [3.05, 3.63) is 12.2 Å². The maximum Gasteiger partial charge on any atom is 0.314 e. The molecule has 0 unspecified atom stereocenters. The fraction of sp³-hybridized carbons (Fsp3) is 0.929. The fourth-order valence-corrected chi connectivity index (χ4v) is 12.9. The third kappa shape index (κ3) is 7.89. The molecule has 0 amide bonds. The van der Waals surface area contributed by atoms with Crippen molar-refractivity contribution in [1.29, 1.82) is 0 Å². The van der Waals surface area contributed by atoms with Gasteiger partial charge in [0, 0.05) is 6.42 Å². The number of rotatable bonds is 10. The van der Waals surface area contributed by atoms with Crippen LogP contribution in [0.15, 0.2) is 12.2 Å². The second-order valence-corrected chi connectivity index (χ2v) is 19.8. The van der Waals surface area contributed by atoms with Crippen LogP contribution in [0.25, 0.3) is 0 Å². The predicted molar refractivity (Wildman–Crippen MR) is 206 cm³/mol. The van der Waals surface area contributed by atoms with Gasteiger partial charge in [-0.25, -0.2) is 0 Å². The Labute approximate surface area is 359 Å². The standard InChI is InChI=1S/C42H66O20/c1-18-12-41-9-5-24-39(2,7-4-8-40(24,3)38(54)61-35-30(52)26(48)21(47)16-56-35)25(41)6-10-42(18,17-41)62-37-33(60-34-20(46)11-19(45)15-55-34)32(28(50)23(14-44)58-37)59-36-31(53)29(51)27(49)22(13-43)57-36/h19-37,43-53H,1,4-17H2,2-3H3/t19-,20+,21-,22+,23+,24-,25-,26-,27+,28+,29-,30+,31+,32-,33+,34-,35-,36-,37-,39+,40+,41+,42-/m0/s1. The molecule has 4 aliphatic carbocycles. The first-order valence-corrected chi connectivity index (χ1v) is 22.1. The lowest BCUT2D eigenvalue weighted by Crippen LogP contribution is -2.67. The van der Waals surface area contributed by atoms with Crippen LogP contribution in [0.4, 0.5) is 0 Å². The third-order valence-corrected chi connectivity index (χ3v) is 16.1. The molecule has 0 radical (unpaired) electrons. The molecule has 20 heteroatoms. The summed E-state index contributed by atoms with van der Waals surface area (Å²) in [6.07, 6.45) is -19.8. The van der Waals surface area contributed by atoms with Crippen LogP contribution < -0.4 is 0 Å². The smallest absolute Gasteiger partial charge is 0.314 e. The van der Waals surface area contributed by atoms with Crippen LogP contribution in [0.3, 0.4) is 0 Å². The Hall–Kier alpha value is -1.51. The molecule has 8 fully saturated rings. The van der Waals surface area contributed by atoms with Gasteiger partial charge in [0.15, 0.2) is 18.9 Å². The van der Waals surface area contributed by atoms with Gasteiger partial charge in [0.05, 0.1) is 43.5 Å². The molecule has 0 aromatic heterocycles. The fourth-order valence-electron chi connectivity index (χ4n) is 12.9. The van der Waals surface area contributed by atoms with Gasteiger partial charge in [-0.15, -0.1) is 0 Å². The number of carbonyl (C=O) groups excluding carboxylic acids is 1. The molecule has 4 saturated carbocycles. The van der Waals surface area contributed by atoms with Crippen molar-refractivity contribution >= 4 is 5.97 Å². The summed E-state index contributed by atoms with van der Waals surface area (Å²) in [5.74, 6) is -0.501. The van der Waals surface area contributed by atoms with E-state index in [9.17, 15) is 61.0 Å². The van der Waals surface area contributed by atoms with Crippen LogP contribution in [0.1, 0.15) is 78.1 Å². The Kier molecular flexibility index (Phi) is 13.4. The van der Waals surface area contributed by atoms with Gasteiger partial charge in [0.25, 0.3) is 0 Å². The van der Waals surface area contributed by atoms with E-state index in [0.717, 1.165) is 24.8 Å². The molecule has 0 aromatic rings. The number of fused-ring (bicyclic) bond motifs is 3. The van der Waals surface area contributed by atoms with Crippen LogP contribution >= 0.6 is 0 Å². The molecule has 8 rings (SSSR count). The van der Waals surface area contributed by atoms with Crippen LogP contribution in [0.2, 0.25) is 0 Å². The van der Waals surface area contributed by atoms with Crippen LogP contribution in [-0.2, 0) is 42.7 Å². The van der Waals surface area contributed by atoms with Crippen LogP contribution in [-0.4, -0.2) is 199 Å². The Morgan fingerprint density at radius 1 is 0.694 bits per heavy atom. The molecule has 2 bridgehead atoms. The van der Waals surface area contributed by atoms with E-state index in [1.807, 2.05) is 6.92 Å². The number of ether oxygens (including phenoxy) is 8. The molecule has 354 valence electrons. The van der Waals surface area contributed by atoms with E-state index < -0.39 is 135 Å². The molecule has 4 aliphatic heterocycles. The van der Waals surface area contributed by atoms with Gasteiger partial charge in [-0.3, -0.25) is 4.79 Å². The van der Waals surface area contributed by atoms with E-state index in [4.69, 9.17) is 37.9 Å². The van der Waals surface area contributed by atoms with Gasteiger partial charge < -0.3 is 94.1 Å². The molecule has 1 spiro atoms. The monoisotopic (exact) mass is 890 g/mol. The number of aliphatic hydroxyl groups is 11. The molecule has 23 atom stereocenters. The normalized spacial score (nSPS) is 54.3. The topological polar surface area (TPSA) is 313 Å². The minimum Gasteiger partial charge on any atom is -0.432 e. The van der Waals surface area contributed by atoms with Crippen LogP contribution in [0, 0.1) is 28.1 Å². The average molecular weight is 891 g/mol. The van der Waals surface area contributed by atoms with Gasteiger partial charge in [0.1, 0.15) is 73.2 Å². The zero-order valence-electron chi connectivity index (χ0n) is 35.2. The van der Waals surface area contributed by atoms with Gasteiger partial charge in [-0.1, -0.05) is 19.9 Å². The first kappa shape index (κ1) is 47.0. The summed E-state index contributed by atoms with van der Waals surface area (Å²) in [7, 11) is 0. The lowest BCUT2D eigenvalue weighted by Gasteiger charge is -2.64.